The molecule has 0 fully saturated rings. The Morgan fingerprint density at radius 2 is 1.04 bits per heavy atom. The van der Waals surface area contributed by atoms with E-state index in [4.69, 9.17) is 0 Å². The molecule has 0 unspecified atom stereocenters. The van der Waals surface area contributed by atoms with Crippen molar-refractivity contribution in [1.29, 1.82) is 0 Å². The fourth-order valence-corrected chi connectivity index (χ4v) is 2.14. The van der Waals surface area contributed by atoms with Gasteiger partial charge in [-0.1, -0.05) is 19.1 Å². The Bertz CT molecular complexity index is 645. The zero-order valence-corrected chi connectivity index (χ0v) is 17.7. The normalized spacial score (nSPS) is 8.42. The minimum Gasteiger partial charge on any atom is -1.00 e. The second-order valence-electron chi connectivity index (χ2n) is 4.81. The van der Waals surface area contributed by atoms with Crippen LogP contribution in [0.3, 0.4) is 0 Å². The second kappa shape index (κ2) is 14.5. The maximum atomic E-state index is 3.49. The molecule has 0 heterocycles. The van der Waals surface area contributed by atoms with Crippen LogP contribution in [0.15, 0.2) is 84.9 Å². The van der Waals surface area contributed by atoms with Gasteiger partial charge in [-0.3, -0.25) is 0 Å². The molecule has 126 valence electrons. The molecule has 0 nitrogen and oxygen atoms in total. The van der Waals surface area contributed by atoms with Gasteiger partial charge in [0.05, 0.1) is 0 Å². The molecule has 3 heteroatoms. The molecule has 0 aliphatic heterocycles. The van der Waals surface area contributed by atoms with E-state index in [-0.39, 0.29) is 51.0 Å². The zero-order valence-electron chi connectivity index (χ0n) is 13.8. The maximum absolute atomic E-state index is 3.49. The van der Waals surface area contributed by atoms with Crippen LogP contribution in [0.5, 0.6) is 0 Å². The molecule has 0 aromatic heterocycles. The Labute approximate surface area is 176 Å². The fraction of sp³-hybridized carbons (Fsp3) is 0.0952. The molecule has 0 spiro atoms. The molecule has 0 radical (unpaired) electrons. The first-order chi connectivity index (χ1) is 10.3. The van der Waals surface area contributed by atoms with Gasteiger partial charge < -0.3 is 31.7 Å². The largest absolute Gasteiger partial charge is 2.00 e. The van der Waals surface area contributed by atoms with Crippen molar-refractivity contribution >= 4 is 21.5 Å². The summed E-state index contributed by atoms with van der Waals surface area (Å²) in [6, 6.07) is 29.3. The quantitative estimate of drug-likeness (QED) is 0.350. The van der Waals surface area contributed by atoms with Gasteiger partial charge in [-0.15, -0.1) is 59.3 Å². The summed E-state index contributed by atoms with van der Waals surface area (Å²) in [5, 5.41) is 5.32. The maximum Gasteiger partial charge on any atom is 2.00 e. The van der Waals surface area contributed by atoms with Gasteiger partial charge >= 0.3 is 26.2 Å². The monoisotopic (exact) mass is 433 g/mol. The minimum atomic E-state index is 0. The summed E-state index contributed by atoms with van der Waals surface area (Å²) in [7, 11) is 0. The molecule has 0 saturated carbocycles. The van der Waals surface area contributed by atoms with E-state index in [0.717, 1.165) is 6.42 Å². The third-order valence-electron chi connectivity index (χ3n) is 3.10. The SMILES string of the molecule is [CH2-]CC.[Cl-].[Cl-].[Zr+2].c1ccc2[cH-]ccc2c1.c1ccc2[cH-]ccc2c1. The summed E-state index contributed by atoms with van der Waals surface area (Å²) in [6.07, 6.45) is 1.00. The van der Waals surface area contributed by atoms with Crippen LogP contribution in [0.1, 0.15) is 13.3 Å². The van der Waals surface area contributed by atoms with E-state index >= 15 is 0 Å². The average Bonchev–Trinajstić information content (AvgIpc) is 3.17. The Hall–Kier alpha value is -0.877. The van der Waals surface area contributed by atoms with Crippen molar-refractivity contribution in [2.45, 2.75) is 13.3 Å². The summed E-state index contributed by atoms with van der Waals surface area (Å²) in [5.74, 6) is 0. The molecular weight excluding hydrogens is 414 g/mol. The average molecular weight is 436 g/mol. The van der Waals surface area contributed by atoms with E-state index in [0.29, 0.717) is 0 Å². The van der Waals surface area contributed by atoms with Crippen molar-refractivity contribution in [3.05, 3.63) is 91.9 Å². The predicted octanol–water partition coefficient (Wildman–Crippen LogP) is 0.353. The van der Waals surface area contributed by atoms with Gasteiger partial charge in [0.15, 0.2) is 0 Å². The van der Waals surface area contributed by atoms with Gasteiger partial charge in [-0.05, 0) is 0 Å². The third kappa shape index (κ3) is 7.80. The molecule has 0 aliphatic carbocycles. The van der Waals surface area contributed by atoms with Crippen molar-refractivity contribution in [2.24, 2.45) is 0 Å². The first-order valence-electron chi connectivity index (χ1n) is 7.35. The zero-order chi connectivity index (χ0) is 14.9. The Balaban J connectivity index is 0. The predicted molar refractivity (Wildman–Crippen MR) is 94.7 cm³/mol. The number of benzene rings is 2. The summed E-state index contributed by atoms with van der Waals surface area (Å²) in [6.45, 7) is 5.50. The second-order valence-corrected chi connectivity index (χ2v) is 4.81. The molecule has 0 bridgehead atoms. The number of halogens is 2. The number of hydrogen-bond donors (Lipinski definition) is 0. The third-order valence-corrected chi connectivity index (χ3v) is 3.10. The summed E-state index contributed by atoms with van der Waals surface area (Å²) in [5.41, 5.74) is 0. The first kappa shape index (κ1) is 25.4. The Morgan fingerprint density at radius 3 is 1.38 bits per heavy atom. The summed E-state index contributed by atoms with van der Waals surface area (Å²) in [4.78, 5) is 0. The Morgan fingerprint density at radius 1 is 0.708 bits per heavy atom. The first-order valence-corrected chi connectivity index (χ1v) is 7.35. The number of fused-ring (bicyclic) bond motifs is 2. The molecule has 0 saturated heterocycles. The molecule has 0 amide bonds. The van der Waals surface area contributed by atoms with Crippen LogP contribution in [-0.2, 0) is 26.2 Å². The fourth-order valence-electron chi connectivity index (χ4n) is 2.14. The van der Waals surface area contributed by atoms with E-state index in [1.165, 1.54) is 21.5 Å². The molecular formula is C21H21Cl2Zr-3. The summed E-state index contributed by atoms with van der Waals surface area (Å²) < 4.78 is 0. The van der Waals surface area contributed by atoms with E-state index in [9.17, 15) is 0 Å². The molecule has 24 heavy (non-hydrogen) atoms. The standard InChI is InChI=1S/2C9H7.C3H7.2ClH.Zr/c2*1-2-5-9-7-3-6-8(9)4-1;1-3-2;;;/h2*1-7H;1,3H2,2H3;2*1H;/q3*-1;;;+2/p-2. The van der Waals surface area contributed by atoms with Crippen molar-refractivity contribution < 1.29 is 51.0 Å². The van der Waals surface area contributed by atoms with Gasteiger partial charge in [-0.25, -0.2) is 0 Å². The van der Waals surface area contributed by atoms with Crippen molar-refractivity contribution in [3.8, 4) is 0 Å². The Kier molecular flexibility index (Phi) is 15.3. The van der Waals surface area contributed by atoms with Crippen LogP contribution < -0.4 is 24.8 Å². The van der Waals surface area contributed by atoms with Gasteiger partial charge in [0.25, 0.3) is 0 Å². The summed E-state index contributed by atoms with van der Waals surface area (Å²) >= 11 is 0. The van der Waals surface area contributed by atoms with Crippen LogP contribution in [0.4, 0.5) is 0 Å². The van der Waals surface area contributed by atoms with Crippen molar-refractivity contribution in [1.82, 2.24) is 0 Å². The molecule has 0 N–H and O–H groups in total. The topological polar surface area (TPSA) is 0 Å². The van der Waals surface area contributed by atoms with Gasteiger partial charge in [0, 0.05) is 0 Å². The minimum absolute atomic E-state index is 0. The van der Waals surface area contributed by atoms with E-state index in [1.54, 1.807) is 0 Å². The molecule has 4 aromatic carbocycles. The van der Waals surface area contributed by atoms with Gasteiger partial charge in [0.1, 0.15) is 0 Å². The van der Waals surface area contributed by atoms with Crippen LogP contribution in [0.25, 0.3) is 21.5 Å². The van der Waals surface area contributed by atoms with Crippen molar-refractivity contribution in [2.75, 3.05) is 0 Å². The number of hydrogen-bond acceptors (Lipinski definition) is 0. The molecule has 4 aromatic rings. The molecule has 0 atom stereocenters. The number of rotatable bonds is 0. The van der Waals surface area contributed by atoms with Crippen LogP contribution in [0.2, 0.25) is 0 Å². The van der Waals surface area contributed by atoms with E-state index in [1.807, 2.05) is 6.92 Å². The van der Waals surface area contributed by atoms with Crippen LogP contribution in [-0.4, -0.2) is 0 Å². The van der Waals surface area contributed by atoms with Crippen LogP contribution in [0, 0.1) is 6.92 Å². The van der Waals surface area contributed by atoms with Gasteiger partial charge in [0.2, 0.25) is 0 Å². The van der Waals surface area contributed by atoms with E-state index < -0.39 is 0 Å². The smallest absolute Gasteiger partial charge is 1.00 e. The van der Waals surface area contributed by atoms with Gasteiger partial charge in [-0.2, -0.15) is 41.5 Å². The van der Waals surface area contributed by atoms with Crippen LogP contribution >= 0.6 is 0 Å². The molecule has 4 rings (SSSR count). The van der Waals surface area contributed by atoms with E-state index in [2.05, 4.69) is 91.9 Å². The molecule has 0 aliphatic rings. The van der Waals surface area contributed by atoms with Crippen molar-refractivity contribution in [3.63, 3.8) is 0 Å².